The third-order valence-corrected chi connectivity index (χ3v) is 4.24. The fourth-order valence-electron chi connectivity index (χ4n) is 2.43. The lowest BCUT2D eigenvalue weighted by Crippen LogP contribution is -2.41. The molecule has 0 aromatic rings. The second kappa shape index (κ2) is 5.28. The first-order chi connectivity index (χ1) is 8.17. The zero-order valence-electron chi connectivity index (χ0n) is 11.6. The summed E-state index contributed by atoms with van der Waals surface area (Å²) in [7, 11) is 0. The predicted molar refractivity (Wildman–Crippen MR) is 73.3 cm³/mol. The molecule has 1 aliphatic carbocycles. The zero-order chi connectivity index (χ0) is 12.3. The molecule has 1 heterocycles. The Morgan fingerprint density at radius 3 is 2.71 bits per heavy atom. The van der Waals surface area contributed by atoms with Crippen LogP contribution in [0.3, 0.4) is 0 Å². The van der Waals surface area contributed by atoms with Crippen molar-refractivity contribution in [2.24, 2.45) is 16.3 Å². The zero-order valence-corrected chi connectivity index (χ0v) is 11.6. The van der Waals surface area contributed by atoms with Gasteiger partial charge in [0, 0.05) is 26.2 Å². The number of rotatable bonds is 4. The van der Waals surface area contributed by atoms with E-state index in [9.17, 15) is 0 Å². The lowest BCUT2D eigenvalue weighted by atomic mass is 9.87. The van der Waals surface area contributed by atoms with E-state index in [1.165, 1.54) is 38.8 Å². The molecule has 3 heteroatoms. The maximum Gasteiger partial charge on any atom is 0.193 e. The molecule has 0 radical (unpaired) electrons. The Kier molecular flexibility index (Phi) is 3.95. The van der Waals surface area contributed by atoms with Crippen molar-refractivity contribution in [1.29, 1.82) is 0 Å². The van der Waals surface area contributed by atoms with E-state index in [1.807, 2.05) is 0 Å². The topological polar surface area (TPSA) is 27.6 Å². The molecule has 0 aromatic heterocycles. The van der Waals surface area contributed by atoms with E-state index in [2.05, 4.69) is 31.0 Å². The summed E-state index contributed by atoms with van der Waals surface area (Å²) in [4.78, 5) is 7.24. The van der Waals surface area contributed by atoms with Crippen molar-refractivity contribution in [2.45, 2.75) is 46.5 Å². The molecule has 1 atom stereocenters. The molecule has 0 aromatic carbocycles. The Balaban J connectivity index is 1.93. The number of nitrogens with one attached hydrogen (secondary N) is 1. The van der Waals surface area contributed by atoms with Crippen molar-refractivity contribution in [2.75, 3.05) is 26.2 Å². The van der Waals surface area contributed by atoms with Crippen LogP contribution >= 0.6 is 0 Å². The van der Waals surface area contributed by atoms with Gasteiger partial charge in [-0.1, -0.05) is 13.8 Å². The number of hydrogen-bond donors (Lipinski definition) is 1. The van der Waals surface area contributed by atoms with E-state index in [0.29, 0.717) is 5.41 Å². The van der Waals surface area contributed by atoms with E-state index in [1.54, 1.807) is 0 Å². The van der Waals surface area contributed by atoms with Crippen LogP contribution in [0.4, 0.5) is 0 Å². The Hall–Kier alpha value is -0.730. The van der Waals surface area contributed by atoms with Crippen LogP contribution < -0.4 is 5.32 Å². The van der Waals surface area contributed by atoms with E-state index in [-0.39, 0.29) is 0 Å². The van der Waals surface area contributed by atoms with Crippen LogP contribution in [0.25, 0.3) is 0 Å². The van der Waals surface area contributed by atoms with Crippen LogP contribution in [0.2, 0.25) is 0 Å². The summed E-state index contributed by atoms with van der Waals surface area (Å²) in [6.07, 6.45) is 5.34. The summed E-state index contributed by atoms with van der Waals surface area (Å²) in [6.45, 7) is 11.2. The summed E-state index contributed by atoms with van der Waals surface area (Å²) < 4.78 is 0. The highest BCUT2D eigenvalue weighted by molar-refractivity contribution is 5.80. The number of likely N-dealkylation sites (tertiary alicyclic amines) is 1. The summed E-state index contributed by atoms with van der Waals surface area (Å²) in [5.74, 6) is 2.03. The van der Waals surface area contributed by atoms with Gasteiger partial charge in [-0.05, 0) is 43.9 Å². The van der Waals surface area contributed by atoms with Crippen LogP contribution in [0.1, 0.15) is 46.5 Å². The number of nitrogens with zero attached hydrogens (tertiary/aromatic N) is 2. The predicted octanol–water partition coefficient (Wildman–Crippen LogP) is 2.48. The highest BCUT2D eigenvalue weighted by Crippen LogP contribution is 2.33. The minimum Gasteiger partial charge on any atom is -0.357 e. The Morgan fingerprint density at radius 1 is 1.41 bits per heavy atom. The van der Waals surface area contributed by atoms with Crippen LogP contribution in [0.5, 0.6) is 0 Å². The number of hydrogen-bond acceptors (Lipinski definition) is 1. The highest BCUT2D eigenvalue weighted by atomic mass is 15.3. The molecule has 0 spiro atoms. The maximum absolute atomic E-state index is 4.79. The van der Waals surface area contributed by atoms with Gasteiger partial charge in [0.05, 0.1) is 0 Å². The fraction of sp³-hybridized carbons (Fsp3) is 0.929. The van der Waals surface area contributed by atoms with Crippen molar-refractivity contribution in [3.05, 3.63) is 0 Å². The first-order valence-electron chi connectivity index (χ1n) is 7.20. The third kappa shape index (κ3) is 3.36. The molecule has 2 fully saturated rings. The minimum atomic E-state index is 0.496. The van der Waals surface area contributed by atoms with Crippen molar-refractivity contribution >= 4 is 5.96 Å². The Labute approximate surface area is 106 Å². The average Bonchev–Trinajstić information content (AvgIpc) is 3.07. The molecule has 1 unspecified atom stereocenters. The van der Waals surface area contributed by atoms with Crippen molar-refractivity contribution in [1.82, 2.24) is 10.2 Å². The molecule has 3 nitrogen and oxygen atoms in total. The number of guanidine groups is 1. The SMILES string of the molecule is CCNC(=NCC1CC1)N1CCC(C)(CC)C1. The van der Waals surface area contributed by atoms with E-state index < -0.39 is 0 Å². The normalized spacial score (nSPS) is 29.8. The van der Waals surface area contributed by atoms with Gasteiger partial charge < -0.3 is 10.2 Å². The molecule has 2 rings (SSSR count). The lowest BCUT2D eigenvalue weighted by Gasteiger charge is -2.25. The third-order valence-electron chi connectivity index (χ3n) is 4.24. The van der Waals surface area contributed by atoms with Gasteiger partial charge in [-0.25, -0.2) is 0 Å². The van der Waals surface area contributed by atoms with Crippen molar-refractivity contribution in [3.8, 4) is 0 Å². The van der Waals surface area contributed by atoms with Crippen molar-refractivity contribution in [3.63, 3.8) is 0 Å². The molecular formula is C14H27N3. The Bertz CT molecular complexity index is 283. The van der Waals surface area contributed by atoms with Gasteiger partial charge in [-0.15, -0.1) is 0 Å². The standard InChI is InChI=1S/C14H27N3/c1-4-14(3)8-9-17(11-14)13(15-5-2)16-10-12-6-7-12/h12H,4-11H2,1-3H3,(H,15,16). The van der Waals surface area contributed by atoms with Crippen LogP contribution in [-0.2, 0) is 0 Å². The van der Waals surface area contributed by atoms with E-state index >= 15 is 0 Å². The van der Waals surface area contributed by atoms with Gasteiger partial charge in [0.2, 0.25) is 0 Å². The molecule has 1 aliphatic heterocycles. The van der Waals surface area contributed by atoms with Gasteiger partial charge >= 0.3 is 0 Å². The molecule has 1 saturated carbocycles. The summed E-state index contributed by atoms with van der Waals surface area (Å²) in [6, 6.07) is 0. The molecule has 0 bridgehead atoms. The summed E-state index contributed by atoms with van der Waals surface area (Å²) in [5, 5.41) is 3.45. The average molecular weight is 237 g/mol. The lowest BCUT2D eigenvalue weighted by molar-refractivity contribution is 0.322. The van der Waals surface area contributed by atoms with Gasteiger partial charge in [0.15, 0.2) is 5.96 Å². The van der Waals surface area contributed by atoms with Crippen LogP contribution in [0.15, 0.2) is 4.99 Å². The first kappa shape index (κ1) is 12.7. The van der Waals surface area contributed by atoms with Crippen LogP contribution in [-0.4, -0.2) is 37.0 Å². The minimum absolute atomic E-state index is 0.496. The van der Waals surface area contributed by atoms with E-state index in [0.717, 1.165) is 25.0 Å². The second-order valence-electron chi connectivity index (χ2n) is 5.97. The largest absolute Gasteiger partial charge is 0.357 e. The Morgan fingerprint density at radius 2 is 2.18 bits per heavy atom. The van der Waals surface area contributed by atoms with Crippen LogP contribution in [0, 0.1) is 11.3 Å². The van der Waals surface area contributed by atoms with Gasteiger partial charge in [0.1, 0.15) is 0 Å². The quantitative estimate of drug-likeness (QED) is 0.601. The molecule has 1 saturated heterocycles. The van der Waals surface area contributed by atoms with Gasteiger partial charge in [-0.2, -0.15) is 0 Å². The van der Waals surface area contributed by atoms with Gasteiger partial charge in [0.25, 0.3) is 0 Å². The smallest absolute Gasteiger partial charge is 0.193 e. The summed E-state index contributed by atoms with van der Waals surface area (Å²) in [5.41, 5.74) is 0.496. The summed E-state index contributed by atoms with van der Waals surface area (Å²) >= 11 is 0. The second-order valence-corrected chi connectivity index (χ2v) is 5.97. The van der Waals surface area contributed by atoms with Gasteiger partial charge in [-0.3, -0.25) is 4.99 Å². The van der Waals surface area contributed by atoms with E-state index in [4.69, 9.17) is 4.99 Å². The fourth-order valence-corrected chi connectivity index (χ4v) is 2.43. The molecule has 98 valence electrons. The number of aliphatic imine (C=N–C) groups is 1. The molecule has 2 aliphatic rings. The van der Waals surface area contributed by atoms with Crippen molar-refractivity contribution < 1.29 is 0 Å². The molecular weight excluding hydrogens is 210 g/mol. The maximum atomic E-state index is 4.79. The monoisotopic (exact) mass is 237 g/mol. The molecule has 0 amide bonds. The first-order valence-corrected chi connectivity index (χ1v) is 7.20. The highest BCUT2D eigenvalue weighted by Gasteiger charge is 2.33. The molecule has 1 N–H and O–H groups in total. The molecule has 17 heavy (non-hydrogen) atoms.